The molecule has 40 heavy (non-hydrogen) atoms. The summed E-state index contributed by atoms with van der Waals surface area (Å²) in [4.78, 5) is 35.8. The Balaban J connectivity index is 1.91. The van der Waals surface area contributed by atoms with E-state index in [1.165, 1.54) is 57.8 Å². The molecule has 0 aliphatic rings. The normalized spacial score (nSPS) is 11.9. The molecule has 11 heteroatoms. The molecule has 0 bridgehead atoms. The average Bonchev–Trinajstić information content (AvgIpc) is 3.46. The molecule has 0 radical (unpaired) electrons. The number of Topliss-reactive ketones (excluding diaryl/α,β-unsaturated/α-hetero) is 1. The molecule has 1 rings (SSSR count). The number of carbonyl (C=O) groups is 3. The Bertz CT molecular complexity index is 762. The second-order valence-corrected chi connectivity index (χ2v) is 10.4. The van der Waals surface area contributed by atoms with Gasteiger partial charge in [0.05, 0.1) is 13.2 Å². The molecule has 1 amide bonds. The van der Waals surface area contributed by atoms with E-state index in [0.29, 0.717) is 45.7 Å². The van der Waals surface area contributed by atoms with Crippen LogP contribution in [-0.4, -0.2) is 75.9 Å². The highest BCUT2D eigenvalue weighted by molar-refractivity contribution is 5.84. The Morgan fingerprint density at radius 1 is 0.775 bits per heavy atom. The number of amides is 1. The van der Waals surface area contributed by atoms with Gasteiger partial charge in [-0.3, -0.25) is 9.59 Å². The van der Waals surface area contributed by atoms with E-state index in [2.05, 4.69) is 25.9 Å². The van der Waals surface area contributed by atoms with Crippen molar-refractivity contribution in [3.8, 4) is 0 Å². The van der Waals surface area contributed by atoms with Crippen LogP contribution < -0.4 is 5.32 Å². The molecular formula is C29H53N5O6. The van der Waals surface area contributed by atoms with Gasteiger partial charge in [0.1, 0.15) is 11.8 Å². The van der Waals surface area contributed by atoms with E-state index in [-0.39, 0.29) is 24.5 Å². The van der Waals surface area contributed by atoms with Crippen LogP contribution >= 0.6 is 0 Å². The van der Waals surface area contributed by atoms with Crippen LogP contribution in [0, 0.1) is 0 Å². The number of carboxylic acids is 1. The van der Waals surface area contributed by atoms with Crippen LogP contribution in [0.25, 0.3) is 0 Å². The van der Waals surface area contributed by atoms with Crippen molar-refractivity contribution in [1.29, 1.82) is 0 Å². The smallest absolute Gasteiger partial charge is 0.326 e. The largest absolute Gasteiger partial charge is 0.480 e. The molecule has 0 aliphatic heterocycles. The number of unbranched alkanes of at least 4 members (excludes halogenated alkanes) is 12. The van der Waals surface area contributed by atoms with Gasteiger partial charge in [0.25, 0.3) is 0 Å². The predicted octanol–water partition coefficient (Wildman–Crippen LogP) is 4.96. The quantitative estimate of drug-likeness (QED) is 0.114. The van der Waals surface area contributed by atoms with Gasteiger partial charge >= 0.3 is 5.97 Å². The maximum absolute atomic E-state index is 12.2. The fourth-order valence-electron chi connectivity index (χ4n) is 4.49. The molecule has 0 aromatic carbocycles. The van der Waals surface area contributed by atoms with Gasteiger partial charge in [0.15, 0.2) is 5.82 Å². The Morgan fingerprint density at radius 3 is 1.95 bits per heavy atom. The van der Waals surface area contributed by atoms with E-state index < -0.39 is 12.0 Å². The van der Waals surface area contributed by atoms with Crippen LogP contribution in [0.1, 0.15) is 128 Å². The summed E-state index contributed by atoms with van der Waals surface area (Å²) in [5.74, 6) is -0.557. The summed E-state index contributed by atoms with van der Waals surface area (Å²) in [5.41, 5.74) is 0. The summed E-state index contributed by atoms with van der Waals surface area (Å²) < 4.78 is 10.6. The number of rotatable bonds is 29. The van der Waals surface area contributed by atoms with Crippen LogP contribution in [0.3, 0.4) is 0 Å². The third-order valence-electron chi connectivity index (χ3n) is 6.86. The van der Waals surface area contributed by atoms with Crippen molar-refractivity contribution in [2.45, 2.75) is 135 Å². The molecule has 0 aliphatic carbocycles. The zero-order chi connectivity index (χ0) is 29.1. The summed E-state index contributed by atoms with van der Waals surface area (Å²) >= 11 is 0. The van der Waals surface area contributed by atoms with Gasteiger partial charge < -0.3 is 19.9 Å². The number of H-pyrrole nitrogens is 1. The molecule has 0 unspecified atom stereocenters. The maximum atomic E-state index is 12.2. The summed E-state index contributed by atoms with van der Waals surface area (Å²) in [6.45, 7) is 4.09. The van der Waals surface area contributed by atoms with Gasteiger partial charge in [-0.1, -0.05) is 75.8 Å². The molecule has 0 saturated heterocycles. The Kier molecular flexibility index (Phi) is 22.8. The SMILES string of the molecule is CCOCCOCCCC(=O)CC[C@H](NC(=O)CCCCCCCCCCCCCCCc1nn[nH]n1)C(=O)O. The number of carboxylic acid groups (broad SMARTS) is 1. The lowest BCUT2D eigenvalue weighted by molar-refractivity contribution is -0.142. The van der Waals surface area contributed by atoms with Crippen molar-refractivity contribution in [1.82, 2.24) is 25.9 Å². The number of hydrogen-bond donors (Lipinski definition) is 3. The fourth-order valence-corrected chi connectivity index (χ4v) is 4.49. The lowest BCUT2D eigenvalue weighted by Gasteiger charge is -2.14. The highest BCUT2D eigenvalue weighted by atomic mass is 16.5. The number of aliphatic carboxylic acids is 1. The number of tetrazole rings is 1. The molecule has 0 saturated carbocycles. The minimum absolute atomic E-state index is 0.0119. The van der Waals surface area contributed by atoms with E-state index in [4.69, 9.17) is 9.47 Å². The highest BCUT2D eigenvalue weighted by Crippen LogP contribution is 2.13. The van der Waals surface area contributed by atoms with Crippen LogP contribution in [0.2, 0.25) is 0 Å². The topological polar surface area (TPSA) is 156 Å². The second-order valence-electron chi connectivity index (χ2n) is 10.4. The molecule has 0 fully saturated rings. The fraction of sp³-hybridized carbons (Fsp3) is 0.862. The van der Waals surface area contributed by atoms with Gasteiger partial charge in [0, 0.05) is 38.9 Å². The standard InChI is InChI=1S/C29H53N5O6/c1-2-39-23-24-40-22-16-17-25(35)20-21-26(29(37)38)30-28(36)19-15-13-11-9-7-5-3-4-6-8-10-12-14-18-27-31-33-34-32-27/h26H,2-24H2,1H3,(H,30,36)(H,37,38)(H,31,32,33,34)/t26-/m0/s1. The van der Waals surface area contributed by atoms with Crippen LogP contribution in [0.15, 0.2) is 0 Å². The number of ether oxygens (including phenoxy) is 2. The number of hydrogen-bond acceptors (Lipinski definition) is 8. The van der Waals surface area contributed by atoms with Crippen molar-refractivity contribution in [2.24, 2.45) is 0 Å². The van der Waals surface area contributed by atoms with Gasteiger partial charge in [0.2, 0.25) is 5.91 Å². The van der Waals surface area contributed by atoms with Crippen molar-refractivity contribution < 1.29 is 29.0 Å². The van der Waals surface area contributed by atoms with Crippen molar-refractivity contribution in [2.75, 3.05) is 26.4 Å². The molecule has 11 nitrogen and oxygen atoms in total. The second kappa shape index (κ2) is 25.6. The van der Waals surface area contributed by atoms with E-state index in [0.717, 1.165) is 37.9 Å². The number of aromatic amines is 1. The van der Waals surface area contributed by atoms with E-state index >= 15 is 0 Å². The van der Waals surface area contributed by atoms with Crippen LogP contribution in [-0.2, 0) is 30.3 Å². The monoisotopic (exact) mass is 567 g/mol. The zero-order valence-electron chi connectivity index (χ0n) is 24.7. The lowest BCUT2D eigenvalue weighted by atomic mass is 10.0. The first kappa shape index (κ1) is 35.6. The molecule has 230 valence electrons. The van der Waals surface area contributed by atoms with Crippen LogP contribution in [0.5, 0.6) is 0 Å². The van der Waals surface area contributed by atoms with E-state index in [9.17, 15) is 19.5 Å². The number of carbonyl (C=O) groups excluding carboxylic acids is 2. The van der Waals surface area contributed by atoms with E-state index in [1.807, 2.05) is 6.92 Å². The van der Waals surface area contributed by atoms with E-state index in [1.54, 1.807) is 0 Å². The first-order chi connectivity index (χ1) is 19.5. The van der Waals surface area contributed by atoms with Gasteiger partial charge in [-0.05, 0) is 32.6 Å². The summed E-state index contributed by atoms with van der Waals surface area (Å²) in [7, 11) is 0. The summed E-state index contributed by atoms with van der Waals surface area (Å²) in [6, 6.07) is -1.02. The third-order valence-corrected chi connectivity index (χ3v) is 6.86. The molecular weight excluding hydrogens is 514 g/mol. The van der Waals surface area contributed by atoms with Crippen molar-refractivity contribution >= 4 is 17.7 Å². The van der Waals surface area contributed by atoms with Crippen molar-refractivity contribution in [3.05, 3.63) is 5.82 Å². The highest BCUT2D eigenvalue weighted by Gasteiger charge is 2.20. The minimum Gasteiger partial charge on any atom is -0.480 e. The summed E-state index contributed by atoms with van der Waals surface area (Å²) in [6.07, 6.45) is 17.7. The minimum atomic E-state index is -1.10. The van der Waals surface area contributed by atoms with Gasteiger partial charge in [-0.25, -0.2) is 4.79 Å². The molecule has 1 heterocycles. The number of aryl methyl sites for hydroxylation is 1. The van der Waals surface area contributed by atoms with Gasteiger partial charge in [-0.2, -0.15) is 5.21 Å². The third kappa shape index (κ3) is 21.4. The number of nitrogens with one attached hydrogen (secondary N) is 2. The summed E-state index contributed by atoms with van der Waals surface area (Å²) in [5, 5.41) is 26.0. The van der Waals surface area contributed by atoms with Gasteiger partial charge in [-0.15, -0.1) is 10.2 Å². The Hall–Kier alpha value is -2.40. The Labute approximate surface area is 239 Å². The molecule has 1 aromatic rings. The van der Waals surface area contributed by atoms with Crippen molar-refractivity contribution in [3.63, 3.8) is 0 Å². The number of aromatic nitrogens is 4. The average molecular weight is 568 g/mol. The zero-order valence-corrected chi connectivity index (χ0v) is 24.7. The van der Waals surface area contributed by atoms with Crippen LogP contribution in [0.4, 0.5) is 0 Å². The molecule has 0 spiro atoms. The maximum Gasteiger partial charge on any atom is 0.326 e. The molecule has 1 aromatic heterocycles. The first-order valence-electron chi connectivity index (χ1n) is 15.4. The number of nitrogens with zero attached hydrogens (tertiary/aromatic N) is 3. The Morgan fingerprint density at radius 2 is 1.38 bits per heavy atom. The molecule has 3 N–H and O–H groups in total. The number of ketones is 1. The molecule has 1 atom stereocenters. The lowest BCUT2D eigenvalue weighted by Crippen LogP contribution is -2.41. The first-order valence-corrected chi connectivity index (χ1v) is 15.4. The predicted molar refractivity (Wildman–Crippen MR) is 153 cm³/mol.